The van der Waals surface area contributed by atoms with Gasteiger partial charge < -0.3 is 10.6 Å². The second-order valence-corrected chi connectivity index (χ2v) is 5.63. The molecule has 4 heteroatoms. The molecule has 18 heavy (non-hydrogen) atoms. The molecule has 1 aliphatic rings. The Morgan fingerprint density at radius 2 is 2.11 bits per heavy atom. The first kappa shape index (κ1) is 15.4. The zero-order valence-corrected chi connectivity index (χ0v) is 12.3. The fourth-order valence-electron chi connectivity index (χ4n) is 2.44. The summed E-state index contributed by atoms with van der Waals surface area (Å²) in [6, 6.07) is 0.755. The maximum absolute atomic E-state index is 12.0. The summed E-state index contributed by atoms with van der Waals surface area (Å²) in [4.78, 5) is 14.3. The van der Waals surface area contributed by atoms with E-state index in [-0.39, 0.29) is 18.0 Å². The van der Waals surface area contributed by atoms with E-state index in [1.54, 1.807) is 0 Å². The molecule has 1 fully saturated rings. The Hall–Kier alpha value is -0.610. The molecule has 4 nitrogen and oxygen atoms in total. The minimum Gasteiger partial charge on any atom is -0.353 e. The van der Waals surface area contributed by atoms with Crippen molar-refractivity contribution in [2.24, 2.45) is 0 Å². The van der Waals surface area contributed by atoms with Crippen LogP contribution in [0.3, 0.4) is 0 Å². The van der Waals surface area contributed by atoms with Gasteiger partial charge in [-0.1, -0.05) is 6.92 Å². The van der Waals surface area contributed by atoms with E-state index in [1.807, 2.05) is 20.8 Å². The Bertz CT molecular complexity index is 255. The van der Waals surface area contributed by atoms with Crippen LogP contribution in [0.15, 0.2) is 0 Å². The molecule has 0 radical (unpaired) electrons. The van der Waals surface area contributed by atoms with Crippen molar-refractivity contribution < 1.29 is 4.79 Å². The topological polar surface area (TPSA) is 44.4 Å². The Balaban J connectivity index is 2.42. The zero-order chi connectivity index (χ0) is 13.5. The monoisotopic (exact) mass is 255 g/mol. The van der Waals surface area contributed by atoms with Crippen molar-refractivity contribution in [3.8, 4) is 0 Å². The lowest BCUT2D eigenvalue weighted by atomic mass is 10.0. The molecule has 0 aromatic carbocycles. The van der Waals surface area contributed by atoms with Crippen LogP contribution >= 0.6 is 0 Å². The first-order chi connectivity index (χ1) is 8.54. The Labute approximate surface area is 111 Å². The summed E-state index contributed by atoms with van der Waals surface area (Å²) < 4.78 is 0. The van der Waals surface area contributed by atoms with Gasteiger partial charge in [-0.2, -0.15) is 0 Å². The summed E-state index contributed by atoms with van der Waals surface area (Å²) in [5, 5.41) is 6.56. The van der Waals surface area contributed by atoms with Crippen molar-refractivity contribution in [3.63, 3.8) is 0 Å². The number of hydrogen-bond donors (Lipinski definition) is 2. The number of piperidine rings is 1. The molecule has 1 aliphatic heterocycles. The molecule has 106 valence electrons. The van der Waals surface area contributed by atoms with Crippen LogP contribution in [0.5, 0.6) is 0 Å². The predicted octanol–water partition coefficient (Wildman–Crippen LogP) is 1.36. The highest BCUT2D eigenvalue weighted by molar-refractivity contribution is 5.81. The van der Waals surface area contributed by atoms with Crippen molar-refractivity contribution in [1.29, 1.82) is 0 Å². The summed E-state index contributed by atoms with van der Waals surface area (Å²) in [5.74, 6) is 0.154. The molecule has 0 aliphatic carbocycles. The zero-order valence-electron chi connectivity index (χ0n) is 12.3. The smallest absolute Gasteiger partial charge is 0.237 e. The number of rotatable bonds is 6. The van der Waals surface area contributed by atoms with E-state index in [1.165, 1.54) is 19.3 Å². The van der Waals surface area contributed by atoms with Crippen LogP contribution in [0.25, 0.3) is 0 Å². The molecule has 0 bridgehead atoms. The van der Waals surface area contributed by atoms with Crippen molar-refractivity contribution in [3.05, 3.63) is 0 Å². The molecular formula is C14H29N3O. The fraction of sp³-hybridized carbons (Fsp3) is 0.929. The highest BCUT2D eigenvalue weighted by Gasteiger charge is 2.27. The second-order valence-electron chi connectivity index (χ2n) is 5.63. The van der Waals surface area contributed by atoms with Gasteiger partial charge >= 0.3 is 0 Å². The van der Waals surface area contributed by atoms with Crippen LogP contribution in [0.1, 0.15) is 47.0 Å². The lowest BCUT2D eigenvalue weighted by molar-refractivity contribution is -0.126. The van der Waals surface area contributed by atoms with Crippen LogP contribution in [-0.4, -0.2) is 48.6 Å². The first-order valence-electron chi connectivity index (χ1n) is 7.32. The number of nitrogens with zero attached hydrogens (tertiary/aromatic N) is 1. The summed E-state index contributed by atoms with van der Waals surface area (Å²) in [7, 11) is 0. The molecule has 0 aromatic heterocycles. The molecule has 2 unspecified atom stereocenters. The average Bonchev–Trinajstić information content (AvgIpc) is 2.35. The molecule has 1 heterocycles. The van der Waals surface area contributed by atoms with Crippen molar-refractivity contribution in [2.45, 2.75) is 65.1 Å². The molecule has 1 amide bonds. The van der Waals surface area contributed by atoms with Crippen LogP contribution in [0.2, 0.25) is 0 Å². The molecule has 2 atom stereocenters. The van der Waals surface area contributed by atoms with Gasteiger partial charge in [0.05, 0.1) is 6.04 Å². The maximum atomic E-state index is 12.0. The maximum Gasteiger partial charge on any atom is 0.237 e. The number of carbonyl (C=O) groups is 1. The van der Waals surface area contributed by atoms with Crippen LogP contribution in [0, 0.1) is 0 Å². The quantitative estimate of drug-likeness (QED) is 0.753. The first-order valence-corrected chi connectivity index (χ1v) is 7.32. The largest absolute Gasteiger partial charge is 0.353 e. The number of likely N-dealkylation sites (tertiary alicyclic amines) is 1. The molecule has 0 saturated carbocycles. The minimum atomic E-state index is -0.0152. The third kappa shape index (κ3) is 4.94. The predicted molar refractivity (Wildman–Crippen MR) is 75.6 cm³/mol. The van der Waals surface area contributed by atoms with E-state index < -0.39 is 0 Å². The highest BCUT2D eigenvalue weighted by atomic mass is 16.2. The molecule has 1 saturated heterocycles. The van der Waals surface area contributed by atoms with Gasteiger partial charge in [-0.15, -0.1) is 0 Å². The number of carbonyl (C=O) groups excluding carboxylic acids is 1. The van der Waals surface area contributed by atoms with Gasteiger partial charge in [0.15, 0.2) is 0 Å². The third-order valence-electron chi connectivity index (χ3n) is 3.49. The van der Waals surface area contributed by atoms with Crippen molar-refractivity contribution in [2.75, 3.05) is 19.6 Å². The number of amides is 1. The Kier molecular flexibility index (Phi) is 6.65. The summed E-state index contributed by atoms with van der Waals surface area (Å²) in [6.45, 7) is 11.3. The van der Waals surface area contributed by atoms with E-state index in [0.29, 0.717) is 6.04 Å². The number of hydrogen-bond acceptors (Lipinski definition) is 3. The van der Waals surface area contributed by atoms with Gasteiger partial charge in [-0.05, 0) is 53.1 Å². The lowest BCUT2D eigenvalue weighted by Crippen LogP contribution is -2.54. The van der Waals surface area contributed by atoms with E-state index in [2.05, 4.69) is 22.5 Å². The van der Waals surface area contributed by atoms with Gasteiger partial charge in [0.25, 0.3) is 0 Å². The highest BCUT2D eigenvalue weighted by Crippen LogP contribution is 2.13. The van der Waals surface area contributed by atoms with Crippen LogP contribution in [-0.2, 0) is 4.79 Å². The van der Waals surface area contributed by atoms with Gasteiger partial charge in [-0.3, -0.25) is 9.69 Å². The lowest BCUT2D eigenvalue weighted by Gasteiger charge is -2.36. The summed E-state index contributed by atoms with van der Waals surface area (Å²) >= 11 is 0. The molecule has 0 aromatic rings. The fourth-order valence-corrected chi connectivity index (χ4v) is 2.44. The van der Waals surface area contributed by atoms with Crippen molar-refractivity contribution in [1.82, 2.24) is 15.5 Å². The standard InChI is InChI=1S/C14H29N3O/c1-5-8-15-13-7-6-9-17(10-13)12(4)14(18)16-11(2)3/h11-13,15H,5-10H2,1-4H3,(H,16,18). The Morgan fingerprint density at radius 3 is 2.72 bits per heavy atom. The van der Waals surface area contributed by atoms with Crippen LogP contribution in [0.4, 0.5) is 0 Å². The van der Waals surface area contributed by atoms with E-state index in [4.69, 9.17) is 0 Å². The van der Waals surface area contributed by atoms with E-state index in [9.17, 15) is 4.79 Å². The molecule has 2 N–H and O–H groups in total. The van der Waals surface area contributed by atoms with E-state index >= 15 is 0 Å². The molecular weight excluding hydrogens is 226 g/mol. The second kappa shape index (κ2) is 7.74. The number of nitrogens with one attached hydrogen (secondary N) is 2. The SMILES string of the molecule is CCCNC1CCCN(C(C)C(=O)NC(C)C)C1. The van der Waals surface area contributed by atoms with E-state index in [0.717, 1.165) is 19.6 Å². The van der Waals surface area contributed by atoms with Gasteiger partial charge in [0, 0.05) is 18.6 Å². The minimum absolute atomic E-state index is 0.0152. The molecule has 1 rings (SSSR count). The normalized spacial score (nSPS) is 23.1. The summed E-state index contributed by atoms with van der Waals surface area (Å²) in [5.41, 5.74) is 0. The van der Waals surface area contributed by atoms with Crippen LogP contribution < -0.4 is 10.6 Å². The van der Waals surface area contributed by atoms with Gasteiger partial charge in [0.2, 0.25) is 5.91 Å². The average molecular weight is 255 g/mol. The van der Waals surface area contributed by atoms with Gasteiger partial charge in [-0.25, -0.2) is 0 Å². The van der Waals surface area contributed by atoms with Crippen molar-refractivity contribution >= 4 is 5.91 Å². The third-order valence-corrected chi connectivity index (χ3v) is 3.49. The Morgan fingerprint density at radius 1 is 1.39 bits per heavy atom. The van der Waals surface area contributed by atoms with Gasteiger partial charge in [0.1, 0.15) is 0 Å². The summed E-state index contributed by atoms with van der Waals surface area (Å²) in [6.07, 6.45) is 3.58. The molecule has 0 spiro atoms.